The molecule has 2 amide bonds. The number of hydrogen-bond donors (Lipinski definition) is 2. The van der Waals surface area contributed by atoms with Crippen molar-refractivity contribution in [2.75, 3.05) is 13.2 Å². The van der Waals surface area contributed by atoms with E-state index in [0.29, 0.717) is 40.9 Å². The van der Waals surface area contributed by atoms with Crippen molar-refractivity contribution in [1.29, 1.82) is 5.26 Å². The summed E-state index contributed by atoms with van der Waals surface area (Å²) in [5, 5.41) is 16.2. The number of hydrazone groups is 1. The first-order chi connectivity index (χ1) is 17.6. The molecule has 2 N–H and O–H groups in total. The Kier molecular flexibility index (Phi) is 12.0. The molecule has 0 bridgehead atoms. The lowest BCUT2D eigenvalue weighted by Crippen LogP contribution is -2.49. The smallest absolute Gasteiger partial charge is 0.262 e. The predicted octanol–water partition coefficient (Wildman–Crippen LogP) is 4.74. The minimum absolute atomic E-state index is 0.108. The second kappa shape index (κ2) is 14.9. The zero-order valence-corrected chi connectivity index (χ0v) is 22.6. The van der Waals surface area contributed by atoms with E-state index in [0.717, 1.165) is 0 Å². The lowest BCUT2D eigenvalue weighted by molar-refractivity contribution is -0.132. The van der Waals surface area contributed by atoms with Gasteiger partial charge < -0.3 is 19.5 Å². The highest BCUT2D eigenvalue weighted by atomic mass is 35.5. The predicted molar refractivity (Wildman–Crippen MR) is 142 cm³/mol. The number of amides is 2. The van der Waals surface area contributed by atoms with E-state index >= 15 is 0 Å². The van der Waals surface area contributed by atoms with E-state index in [2.05, 4.69) is 15.8 Å². The molecule has 0 saturated heterocycles. The molecule has 0 saturated carbocycles. The zero-order valence-electron chi connectivity index (χ0n) is 21.1. The van der Waals surface area contributed by atoms with Crippen LogP contribution in [0.1, 0.15) is 39.7 Å². The van der Waals surface area contributed by atoms with Crippen LogP contribution in [-0.2, 0) is 9.59 Å². The van der Waals surface area contributed by atoms with Crippen molar-refractivity contribution in [1.82, 2.24) is 10.7 Å². The van der Waals surface area contributed by atoms with Gasteiger partial charge in [0.25, 0.3) is 11.8 Å². The maximum absolute atomic E-state index is 12.8. The van der Waals surface area contributed by atoms with Gasteiger partial charge in [-0.3, -0.25) is 9.59 Å². The Bertz CT molecular complexity index is 1150. The zero-order chi connectivity index (χ0) is 27.4. The van der Waals surface area contributed by atoms with Gasteiger partial charge in [0.15, 0.2) is 24.2 Å². The topological polar surface area (TPSA) is 122 Å². The van der Waals surface area contributed by atoms with Gasteiger partial charge in [-0.2, -0.15) is 10.4 Å². The Hall–Kier alpha value is -3.48. The number of nitriles is 1. The van der Waals surface area contributed by atoms with E-state index in [1.165, 1.54) is 12.3 Å². The number of halogens is 2. The number of ether oxygens (including phenoxy) is 3. The summed E-state index contributed by atoms with van der Waals surface area (Å²) < 4.78 is 16.5. The van der Waals surface area contributed by atoms with Gasteiger partial charge in [-0.25, -0.2) is 5.43 Å². The molecule has 0 radical (unpaired) electrons. The Morgan fingerprint density at radius 2 is 1.78 bits per heavy atom. The van der Waals surface area contributed by atoms with Crippen molar-refractivity contribution in [3.05, 3.63) is 52.0 Å². The van der Waals surface area contributed by atoms with Crippen LogP contribution in [0.2, 0.25) is 10.0 Å². The van der Waals surface area contributed by atoms with Crippen molar-refractivity contribution >= 4 is 41.2 Å². The molecule has 198 valence electrons. The molecule has 2 rings (SSSR count). The lowest BCUT2D eigenvalue weighted by Gasteiger charge is -2.22. The third-order valence-corrected chi connectivity index (χ3v) is 5.39. The molecule has 9 nitrogen and oxygen atoms in total. The number of carbonyl (C=O) groups is 2. The molecule has 0 heterocycles. The fraction of sp³-hybridized carbons (Fsp3) is 0.385. The van der Waals surface area contributed by atoms with Crippen molar-refractivity contribution < 1.29 is 23.8 Å². The quantitative estimate of drug-likeness (QED) is 0.275. The van der Waals surface area contributed by atoms with E-state index in [9.17, 15) is 9.59 Å². The maximum Gasteiger partial charge on any atom is 0.262 e. The summed E-state index contributed by atoms with van der Waals surface area (Å²) in [4.78, 5) is 25.6. The van der Waals surface area contributed by atoms with Crippen LogP contribution in [0.15, 0.2) is 41.5 Å². The molecule has 0 spiro atoms. The molecule has 0 aliphatic carbocycles. The highest BCUT2D eigenvalue weighted by Gasteiger charge is 2.25. The number of rotatable bonds is 13. The molecule has 0 aliphatic heterocycles. The molecule has 37 heavy (non-hydrogen) atoms. The largest absolute Gasteiger partial charge is 0.490 e. The van der Waals surface area contributed by atoms with Crippen LogP contribution in [0, 0.1) is 17.2 Å². The highest BCUT2D eigenvalue weighted by molar-refractivity contribution is 6.35. The Balaban J connectivity index is 2.04. The highest BCUT2D eigenvalue weighted by Crippen LogP contribution is 2.29. The van der Waals surface area contributed by atoms with Gasteiger partial charge in [-0.05, 0) is 68.1 Å². The SMILES string of the molecule is CCOc1cc(/C=N\NC(=O)[C@H](CC(C)C)NC(=O)[C@H](C)Oc2ccc(Cl)cc2Cl)ccc1OCC#N. The van der Waals surface area contributed by atoms with Gasteiger partial charge in [0.2, 0.25) is 0 Å². The summed E-state index contributed by atoms with van der Waals surface area (Å²) in [5.74, 6) is 0.350. The molecule has 0 aromatic heterocycles. The van der Waals surface area contributed by atoms with Crippen LogP contribution in [0.3, 0.4) is 0 Å². The average Bonchev–Trinajstić information content (AvgIpc) is 2.84. The van der Waals surface area contributed by atoms with E-state index in [1.807, 2.05) is 26.8 Å². The molecule has 2 aromatic carbocycles. The van der Waals surface area contributed by atoms with Crippen LogP contribution >= 0.6 is 23.2 Å². The van der Waals surface area contributed by atoms with Crippen LogP contribution in [-0.4, -0.2) is 43.4 Å². The van der Waals surface area contributed by atoms with E-state index in [1.54, 1.807) is 37.3 Å². The van der Waals surface area contributed by atoms with Crippen molar-refractivity contribution in [3.63, 3.8) is 0 Å². The minimum atomic E-state index is -0.914. The fourth-order valence-electron chi connectivity index (χ4n) is 3.16. The average molecular weight is 549 g/mol. The summed E-state index contributed by atoms with van der Waals surface area (Å²) in [6, 6.07) is 10.8. The number of benzene rings is 2. The first-order valence-corrected chi connectivity index (χ1v) is 12.4. The van der Waals surface area contributed by atoms with Gasteiger partial charge in [0, 0.05) is 5.02 Å². The van der Waals surface area contributed by atoms with Crippen LogP contribution < -0.4 is 25.0 Å². The Morgan fingerprint density at radius 3 is 2.43 bits per heavy atom. The van der Waals surface area contributed by atoms with Gasteiger partial charge in [-0.1, -0.05) is 37.0 Å². The summed E-state index contributed by atoms with van der Waals surface area (Å²) in [6.45, 7) is 7.56. The molecule has 0 fully saturated rings. The fourth-order valence-corrected chi connectivity index (χ4v) is 3.61. The third-order valence-electron chi connectivity index (χ3n) is 4.86. The molecule has 11 heteroatoms. The second-order valence-electron chi connectivity index (χ2n) is 8.35. The van der Waals surface area contributed by atoms with Crippen LogP contribution in [0.5, 0.6) is 17.2 Å². The van der Waals surface area contributed by atoms with E-state index in [-0.39, 0.29) is 17.5 Å². The third kappa shape index (κ3) is 9.83. The standard InChI is InChI=1S/C26H30Cl2N4O5/c1-5-35-24-13-18(6-8-23(24)36-11-10-29)15-30-32-26(34)21(12-16(2)3)31-25(33)17(4)37-22-9-7-19(27)14-20(22)28/h6-9,13-17,21H,5,11-12H2,1-4H3,(H,31,33)(H,32,34)/b30-15-/t17-,21-/m0/s1. The van der Waals surface area contributed by atoms with E-state index < -0.39 is 24.0 Å². The van der Waals surface area contributed by atoms with Crippen molar-refractivity contribution in [3.8, 4) is 23.3 Å². The minimum Gasteiger partial charge on any atom is -0.490 e. The Morgan fingerprint density at radius 1 is 1.05 bits per heavy atom. The maximum atomic E-state index is 12.8. The Labute approximate surface area is 226 Å². The van der Waals surface area contributed by atoms with Crippen molar-refractivity contribution in [2.24, 2.45) is 11.0 Å². The van der Waals surface area contributed by atoms with Gasteiger partial charge in [0.05, 0.1) is 17.8 Å². The summed E-state index contributed by atoms with van der Waals surface area (Å²) in [5.41, 5.74) is 3.11. The van der Waals surface area contributed by atoms with Crippen molar-refractivity contribution in [2.45, 2.75) is 46.3 Å². The molecule has 2 atom stereocenters. The van der Waals surface area contributed by atoms with Crippen LogP contribution in [0.4, 0.5) is 0 Å². The number of nitrogens with zero attached hydrogens (tertiary/aromatic N) is 2. The van der Waals surface area contributed by atoms with E-state index in [4.69, 9.17) is 42.7 Å². The monoisotopic (exact) mass is 548 g/mol. The molecular formula is C26H30Cl2N4O5. The first-order valence-electron chi connectivity index (χ1n) is 11.7. The molecule has 0 unspecified atom stereocenters. The number of nitrogens with one attached hydrogen (secondary N) is 2. The number of hydrogen-bond acceptors (Lipinski definition) is 7. The normalized spacial score (nSPS) is 12.5. The molecule has 2 aromatic rings. The van der Waals surface area contributed by atoms with Gasteiger partial charge >= 0.3 is 0 Å². The van der Waals surface area contributed by atoms with Crippen LogP contribution in [0.25, 0.3) is 0 Å². The lowest BCUT2D eigenvalue weighted by atomic mass is 10.0. The van der Waals surface area contributed by atoms with Gasteiger partial charge in [0.1, 0.15) is 17.9 Å². The summed E-state index contributed by atoms with van der Waals surface area (Å²) in [6.07, 6.45) is 0.918. The molecular weight excluding hydrogens is 519 g/mol. The van der Waals surface area contributed by atoms with Gasteiger partial charge in [-0.15, -0.1) is 0 Å². The summed E-state index contributed by atoms with van der Waals surface area (Å²) >= 11 is 12.0. The second-order valence-corrected chi connectivity index (χ2v) is 9.19. The first kappa shape index (κ1) is 29.7. The summed E-state index contributed by atoms with van der Waals surface area (Å²) in [7, 11) is 0. The molecule has 0 aliphatic rings. The number of carbonyl (C=O) groups excluding carboxylic acids is 2.